The van der Waals surface area contributed by atoms with Gasteiger partial charge in [0.05, 0.1) is 4.90 Å². The highest BCUT2D eigenvalue weighted by Crippen LogP contribution is 2.31. The van der Waals surface area contributed by atoms with Gasteiger partial charge in [0.2, 0.25) is 0 Å². The lowest BCUT2D eigenvalue weighted by molar-refractivity contribution is -0.992. The van der Waals surface area contributed by atoms with Crippen molar-refractivity contribution < 1.29 is 10.4 Å². The normalized spacial score (nSPS) is 16.5. The highest BCUT2D eigenvalue weighted by Gasteiger charge is 2.18. The molecule has 0 radical (unpaired) electrons. The Labute approximate surface area is 159 Å². The Balaban J connectivity index is 1.48. The second-order valence-corrected chi connectivity index (χ2v) is 7.63. The fourth-order valence-electron chi connectivity index (χ4n) is 3.09. The van der Waals surface area contributed by atoms with Crippen LogP contribution in [0.1, 0.15) is 30.7 Å². The van der Waals surface area contributed by atoms with E-state index in [2.05, 4.69) is 27.5 Å². The minimum atomic E-state index is -0.865. The highest BCUT2D eigenvalue weighted by molar-refractivity contribution is 7.97. The van der Waals surface area contributed by atoms with Gasteiger partial charge in [0.25, 0.3) is 0 Å². The van der Waals surface area contributed by atoms with Crippen LogP contribution in [0.2, 0.25) is 0 Å². The van der Waals surface area contributed by atoms with Crippen molar-refractivity contribution >= 4 is 17.6 Å². The molecule has 26 heavy (non-hydrogen) atoms. The molecule has 1 aliphatic heterocycles. The summed E-state index contributed by atoms with van der Waals surface area (Å²) < 4.78 is 2.27. The Morgan fingerprint density at radius 1 is 1.19 bits per heavy atom. The zero-order valence-electron chi connectivity index (χ0n) is 15.0. The molecule has 2 heterocycles. The number of aryl methyl sites for hydroxylation is 2. The molecule has 1 fully saturated rings. The van der Waals surface area contributed by atoms with Crippen molar-refractivity contribution in [2.24, 2.45) is 0 Å². The topological polar surface area (TPSA) is 63.9 Å². The van der Waals surface area contributed by atoms with Crippen LogP contribution >= 0.6 is 11.9 Å². The van der Waals surface area contributed by atoms with E-state index in [0.29, 0.717) is 5.69 Å². The number of piperidine rings is 1. The first-order chi connectivity index (χ1) is 12.6. The van der Waals surface area contributed by atoms with Gasteiger partial charge < -0.3 is 5.21 Å². The summed E-state index contributed by atoms with van der Waals surface area (Å²) in [5.41, 5.74) is 4.10. The number of allylic oxidation sites excluding steroid dienone is 1. The quantitative estimate of drug-likeness (QED) is 0.463. The van der Waals surface area contributed by atoms with E-state index in [1.54, 1.807) is 24.1 Å². The molecule has 0 aliphatic carbocycles. The van der Waals surface area contributed by atoms with Crippen LogP contribution in [0.15, 0.2) is 59.0 Å². The number of hydrogen-bond donors (Lipinski definition) is 2. The fourth-order valence-corrected chi connectivity index (χ4v) is 4.13. The molecule has 5 nitrogen and oxygen atoms in total. The molecule has 0 spiro atoms. The van der Waals surface area contributed by atoms with Crippen LogP contribution < -0.4 is 5.23 Å². The Hall–Kier alpha value is -1.70. The maximum atomic E-state index is 11.3. The third-order valence-corrected chi connectivity index (χ3v) is 5.67. The molecule has 2 N–H and O–H groups in total. The van der Waals surface area contributed by atoms with Gasteiger partial charge in [-0.15, -0.1) is 0 Å². The minimum Gasteiger partial charge on any atom is -0.595 e. The van der Waals surface area contributed by atoms with E-state index in [4.69, 9.17) is 0 Å². The van der Waals surface area contributed by atoms with Crippen LogP contribution in [-0.4, -0.2) is 27.6 Å². The van der Waals surface area contributed by atoms with Crippen molar-refractivity contribution in [3.63, 3.8) is 0 Å². The Kier molecular flexibility index (Phi) is 6.82. The van der Waals surface area contributed by atoms with Crippen molar-refractivity contribution in [2.45, 2.75) is 37.5 Å². The molecular weight excluding hydrogens is 346 g/mol. The Morgan fingerprint density at radius 3 is 2.69 bits per heavy atom. The summed E-state index contributed by atoms with van der Waals surface area (Å²) in [6, 6.07) is 13.4. The molecular formula is C20H25N3O2S. The molecule has 1 unspecified atom stereocenters. The second-order valence-electron chi connectivity index (χ2n) is 6.49. The molecule has 0 amide bonds. The Bertz CT molecular complexity index is 754. The molecule has 1 saturated heterocycles. The lowest BCUT2D eigenvalue weighted by Gasteiger charge is -2.28. The molecule has 1 aliphatic rings. The van der Waals surface area contributed by atoms with E-state index in [1.165, 1.54) is 5.57 Å². The smallest absolute Gasteiger partial charge is 0.178 e. The average Bonchev–Trinajstić information content (AvgIpc) is 2.63. The lowest BCUT2D eigenvalue weighted by atomic mass is 10.0. The van der Waals surface area contributed by atoms with E-state index >= 15 is 0 Å². The number of benzene rings is 1. The summed E-state index contributed by atoms with van der Waals surface area (Å²) in [7, 11) is 0. The van der Waals surface area contributed by atoms with Crippen LogP contribution in [0.4, 0.5) is 5.69 Å². The highest BCUT2D eigenvalue weighted by atomic mass is 32.2. The van der Waals surface area contributed by atoms with Gasteiger partial charge >= 0.3 is 0 Å². The molecule has 1 atom stereocenters. The summed E-state index contributed by atoms with van der Waals surface area (Å²) in [5, 5.41) is 19.8. The minimum absolute atomic E-state index is 0.379. The van der Waals surface area contributed by atoms with Crippen molar-refractivity contribution in [1.82, 2.24) is 9.29 Å². The molecule has 3 rings (SSSR count). The third-order valence-electron chi connectivity index (χ3n) is 4.49. The number of quaternary nitrogens is 1. The molecule has 6 heteroatoms. The van der Waals surface area contributed by atoms with Crippen LogP contribution in [0, 0.1) is 12.1 Å². The standard InChI is InChI=1S/C20H25N3O2S/c1-16-6-4-8-18(21-16)9-5-7-17-12-14-22(15-13-17)26-20-11-3-2-10-19(20)23(24)25/h2-4,6-8,10-11,23-24H,5,9,12-15H2,1H3. The predicted octanol–water partition coefficient (Wildman–Crippen LogP) is 3.46. The van der Waals surface area contributed by atoms with Crippen LogP contribution in [0.3, 0.4) is 0 Å². The summed E-state index contributed by atoms with van der Waals surface area (Å²) in [5.74, 6) is 0. The summed E-state index contributed by atoms with van der Waals surface area (Å²) in [6.07, 6.45) is 6.46. The first kappa shape index (κ1) is 19.1. The van der Waals surface area contributed by atoms with Gasteiger partial charge in [-0.1, -0.05) is 29.8 Å². The average molecular weight is 372 g/mol. The summed E-state index contributed by atoms with van der Waals surface area (Å²) >= 11 is 1.56. The zero-order valence-corrected chi connectivity index (χ0v) is 15.8. The van der Waals surface area contributed by atoms with Crippen molar-refractivity contribution in [3.05, 3.63) is 70.7 Å². The number of pyridine rings is 1. The van der Waals surface area contributed by atoms with Gasteiger partial charge in [0.1, 0.15) is 0 Å². The van der Waals surface area contributed by atoms with E-state index in [9.17, 15) is 10.4 Å². The molecule has 1 aromatic carbocycles. The fraction of sp³-hybridized carbons (Fsp3) is 0.350. The maximum Gasteiger partial charge on any atom is 0.178 e. The molecule has 0 bridgehead atoms. The van der Waals surface area contributed by atoms with E-state index in [1.807, 2.05) is 25.1 Å². The van der Waals surface area contributed by atoms with Crippen LogP contribution in [0.5, 0.6) is 0 Å². The molecule has 0 saturated carbocycles. The van der Waals surface area contributed by atoms with Crippen molar-refractivity contribution in [1.29, 1.82) is 0 Å². The molecule has 2 aromatic rings. The number of rotatable bonds is 6. The summed E-state index contributed by atoms with van der Waals surface area (Å²) in [6.45, 7) is 3.93. The lowest BCUT2D eigenvalue weighted by Crippen LogP contribution is -2.99. The largest absolute Gasteiger partial charge is 0.595 e. The van der Waals surface area contributed by atoms with Crippen LogP contribution in [-0.2, 0) is 6.42 Å². The summed E-state index contributed by atoms with van der Waals surface area (Å²) in [4.78, 5) is 5.37. The van der Waals surface area contributed by atoms with Crippen molar-refractivity contribution in [2.75, 3.05) is 13.1 Å². The SMILES string of the molecule is Cc1cccc(CCC=C2CCN(Sc3ccccc3[NH+]([O-])O)CC2)n1. The zero-order chi connectivity index (χ0) is 18.4. The number of nitrogens with zero attached hydrogens (tertiary/aromatic N) is 2. The van der Waals surface area contributed by atoms with Gasteiger partial charge in [0, 0.05) is 30.5 Å². The first-order valence-electron chi connectivity index (χ1n) is 8.97. The van der Waals surface area contributed by atoms with Gasteiger partial charge in [-0.05, 0) is 62.8 Å². The monoisotopic (exact) mass is 371 g/mol. The van der Waals surface area contributed by atoms with E-state index in [-0.39, 0.29) is 0 Å². The number of hydrogen-bond acceptors (Lipinski definition) is 5. The van der Waals surface area contributed by atoms with E-state index in [0.717, 1.165) is 55.1 Å². The third kappa shape index (κ3) is 5.40. The van der Waals surface area contributed by atoms with Gasteiger partial charge in [-0.3, -0.25) is 4.98 Å². The predicted molar refractivity (Wildman–Crippen MR) is 104 cm³/mol. The van der Waals surface area contributed by atoms with Crippen molar-refractivity contribution in [3.8, 4) is 0 Å². The Morgan fingerprint density at radius 2 is 1.96 bits per heavy atom. The van der Waals surface area contributed by atoms with Gasteiger partial charge in [-0.25, -0.2) is 9.51 Å². The van der Waals surface area contributed by atoms with Gasteiger partial charge in [0.15, 0.2) is 5.69 Å². The second kappa shape index (κ2) is 9.30. The van der Waals surface area contributed by atoms with Crippen LogP contribution in [0.25, 0.3) is 0 Å². The number of nitrogens with one attached hydrogen (secondary N) is 1. The first-order valence-corrected chi connectivity index (χ1v) is 9.75. The number of para-hydroxylation sites is 1. The van der Waals surface area contributed by atoms with E-state index < -0.39 is 5.23 Å². The molecule has 138 valence electrons. The maximum absolute atomic E-state index is 11.3. The molecule has 1 aromatic heterocycles. The number of aromatic nitrogens is 1. The van der Waals surface area contributed by atoms with Gasteiger partial charge in [-0.2, -0.15) is 5.23 Å².